The van der Waals surface area contributed by atoms with Crippen LogP contribution in [0.3, 0.4) is 0 Å². The zero-order valence-corrected chi connectivity index (χ0v) is 20.8. The summed E-state index contributed by atoms with van der Waals surface area (Å²) in [7, 11) is 4.69. The van der Waals surface area contributed by atoms with Crippen LogP contribution in [0, 0.1) is 11.8 Å². The van der Waals surface area contributed by atoms with Gasteiger partial charge in [-0.05, 0) is 53.4 Å². The van der Waals surface area contributed by atoms with Crippen molar-refractivity contribution in [2.24, 2.45) is 11.8 Å². The first kappa shape index (κ1) is 22.8. The Kier molecular flexibility index (Phi) is 5.20. The summed E-state index contributed by atoms with van der Waals surface area (Å²) in [6.45, 7) is 2.03. The van der Waals surface area contributed by atoms with Gasteiger partial charge in [0.25, 0.3) is 0 Å². The molecule has 4 atom stereocenters. The number of rotatable bonds is 5. The van der Waals surface area contributed by atoms with E-state index in [1.165, 1.54) is 7.11 Å². The van der Waals surface area contributed by atoms with Crippen molar-refractivity contribution in [2.75, 3.05) is 26.2 Å². The van der Waals surface area contributed by atoms with Gasteiger partial charge in [-0.25, -0.2) is 4.79 Å². The molecule has 0 saturated carbocycles. The molecule has 0 aromatic heterocycles. The molecule has 1 saturated heterocycles. The van der Waals surface area contributed by atoms with Gasteiger partial charge in [0.15, 0.2) is 0 Å². The monoisotopic (exact) mass is 483 g/mol. The third kappa shape index (κ3) is 2.71. The van der Waals surface area contributed by atoms with Crippen molar-refractivity contribution in [3.05, 3.63) is 95.1 Å². The van der Waals surface area contributed by atoms with Crippen LogP contribution in [0.4, 0.5) is 5.69 Å². The summed E-state index contributed by atoms with van der Waals surface area (Å²) in [6, 6.07) is 23.2. The Morgan fingerprint density at radius 2 is 1.47 bits per heavy atom. The first-order chi connectivity index (χ1) is 17.5. The smallest absolute Gasteiger partial charge is 0.329 e. The van der Waals surface area contributed by atoms with Crippen molar-refractivity contribution in [2.45, 2.75) is 30.4 Å². The molecule has 6 nitrogen and oxygen atoms in total. The van der Waals surface area contributed by atoms with Gasteiger partial charge in [0.05, 0.1) is 31.7 Å². The quantitative estimate of drug-likeness (QED) is 0.507. The van der Waals surface area contributed by atoms with Crippen molar-refractivity contribution in [1.82, 2.24) is 0 Å². The van der Waals surface area contributed by atoms with Crippen LogP contribution in [0.5, 0.6) is 5.75 Å². The minimum atomic E-state index is -0.768. The molecule has 0 unspecified atom stereocenters. The van der Waals surface area contributed by atoms with E-state index in [4.69, 9.17) is 14.2 Å². The fraction of sp³-hybridized carbons (Fsp3) is 0.333. The average molecular weight is 484 g/mol. The van der Waals surface area contributed by atoms with Crippen molar-refractivity contribution >= 4 is 17.6 Å². The SMILES string of the molecule is COC(=O)[C@@H]1[C@H]2C3c4ccccc4C([C@H](C)OC)(c4ccccc43)[C@H]2C(=O)N1c1ccc(OC)cc1. The number of methoxy groups -OCH3 is 3. The summed E-state index contributed by atoms with van der Waals surface area (Å²) in [5, 5.41) is 0. The molecular formula is C30H29NO5. The Morgan fingerprint density at radius 3 is 2.00 bits per heavy atom. The largest absolute Gasteiger partial charge is 0.497 e. The van der Waals surface area contributed by atoms with E-state index in [2.05, 4.69) is 24.3 Å². The molecule has 0 N–H and O–H groups in total. The fourth-order valence-electron chi connectivity index (χ4n) is 7.32. The molecule has 36 heavy (non-hydrogen) atoms. The van der Waals surface area contributed by atoms with Crippen molar-refractivity contribution < 1.29 is 23.8 Å². The van der Waals surface area contributed by atoms with Gasteiger partial charge in [-0.2, -0.15) is 0 Å². The standard InChI is InChI=1S/C30H29NO5/c1-17(34-2)30-22-11-7-5-9-20(22)24(21-10-6-8-12-23(21)30)25-26(30)28(32)31(27(25)29(33)36-4)18-13-15-19(35-3)16-14-18/h5-17,24-27H,1-4H3/t17-,24?,25-,26+,27-,30?/m0/s1. The van der Waals surface area contributed by atoms with Crippen LogP contribution in [0.25, 0.3) is 0 Å². The van der Waals surface area contributed by atoms with Crippen molar-refractivity contribution in [3.63, 3.8) is 0 Å². The van der Waals surface area contributed by atoms with Gasteiger partial charge in [-0.1, -0.05) is 48.5 Å². The lowest BCUT2D eigenvalue weighted by molar-refractivity contribution is -0.143. The van der Waals surface area contributed by atoms with E-state index in [-0.39, 0.29) is 23.8 Å². The highest BCUT2D eigenvalue weighted by molar-refractivity contribution is 6.07. The lowest BCUT2D eigenvalue weighted by Gasteiger charge is -2.57. The number of hydrogen-bond acceptors (Lipinski definition) is 5. The predicted octanol–water partition coefficient (Wildman–Crippen LogP) is 4.30. The maximum atomic E-state index is 14.6. The first-order valence-corrected chi connectivity index (χ1v) is 12.3. The number of nitrogens with zero attached hydrogens (tertiary/aromatic N) is 1. The summed E-state index contributed by atoms with van der Waals surface area (Å²) < 4.78 is 16.7. The molecule has 1 heterocycles. The second-order valence-electron chi connectivity index (χ2n) is 9.83. The van der Waals surface area contributed by atoms with E-state index in [1.54, 1.807) is 19.1 Å². The number of benzene rings is 3. The highest BCUT2D eigenvalue weighted by atomic mass is 16.5. The van der Waals surface area contributed by atoms with Crippen molar-refractivity contribution in [3.8, 4) is 5.75 Å². The number of amides is 1. The minimum absolute atomic E-state index is 0.0847. The summed E-state index contributed by atoms with van der Waals surface area (Å²) in [4.78, 5) is 29.7. The number of carbonyl (C=O) groups excluding carboxylic acids is 2. The third-order valence-electron chi connectivity index (χ3n) is 8.68. The van der Waals surface area contributed by atoms with Crippen LogP contribution >= 0.6 is 0 Å². The summed E-state index contributed by atoms with van der Waals surface area (Å²) in [5.41, 5.74) is 4.43. The van der Waals surface area contributed by atoms with Gasteiger partial charge < -0.3 is 14.2 Å². The second kappa shape index (κ2) is 8.20. The number of anilines is 1. The number of esters is 1. The zero-order chi connectivity index (χ0) is 25.2. The zero-order valence-electron chi connectivity index (χ0n) is 20.8. The summed E-state index contributed by atoms with van der Waals surface area (Å²) in [6.07, 6.45) is -0.313. The molecule has 3 aliphatic carbocycles. The molecule has 6 heteroatoms. The van der Waals surface area contributed by atoms with Crippen LogP contribution in [-0.2, 0) is 24.5 Å². The normalized spacial score (nSPS) is 28.2. The molecule has 1 fully saturated rings. The Labute approximate surface area is 210 Å². The lowest BCUT2D eigenvalue weighted by Crippen LogP contribution is -2.59. The van der Waals surface area contributed by atoms with Crippen LogP contribution in [-0.4, -0.2) is 45.4 Å². The molecule has 1 amide bonds. The highest BCUT2D eigenvalue weighted by Gasteiger charge is 2.70. The van der Waals surface area contributed by atoms with E-state index in [1.807, 2.05) is 55.5 Å². The number of ether oxygens (including phenoxy) is 3. The van der Waals surface area contributed by atoms with Gasteiger partial charge in [0, 0.05) is 24.6 Å². The van der Waals surface area contributed by atoms with E-state index in [0.29, 0.717) is 11.4 Å². The molecule has 0 radical (unpaired) electrons. The molecule has 7 rings (SSSR count). The Hall–Kier alpha value is -3.64. The molecule has 3 aromatic carbocycles. The Morgan fingerprint density at radius 1 is 0.889 bits per heavy atom. The van der Waals surface area contributed by atoms with Crippen molar-refractivity contribution in [1.29, 1.82) is 0 Å². The Bertz CT molecular complexity index is 1300. The van der Waals surface area contributed by atoms with Crippen LogP contribution in [0.2, 0.25) is 0 Å². The van der Waals surface area contributed by atoms with E-state index < -0.39 is 23.3 Å². The first-order valence-electron chi connectivity index (χ1n) is 12.3. The molecule has 4 aliphatic rings. The summed E-state index contributed by atoms with van der Waals surface area (Å²) >= 11 is 0. The third-order valence-corrected chi connectivity index (χ3v) is 8.68. The van der Waals surface area contributed by atoms with Crippen LogP contribution < -0.4 is 9.64 Å². The molecule has 3 aromatic rings. The molecule has 184 valence electrons. The van der Waals surface area contributed by atoms with Crippen LogP contribution in [0.1, 0.15) is 35.1 Å². The van der Waals surface area contributed by atoms with Gasteiger partial charge in [0.2, 0.25) is 5.91 Å². The number of hydrogen-bond donors (Lipinski definition) is 0. The molecule has 0 spiro atoms. The predicted molar refractivity (Wildman–Crippen MR) is 135 cm³/mol. The second-order valence-corrected chi connectivity index (χ2v) is 9.83. The average Bonchev–Trinajstić information content (AvgIpc) is 3.25. The highest BCUT2D eigenvalue weighted by Crippen LogP contribution is 2.66. The molecule has 1 aliphatic heterocycles. The van der Waals surface area contributed by atoms with E-state index in [0.717, 1.165) is 22.3 Å². The number of carbonyl (C=O) groups is 2. The van der Waals surface area contributed by atoms with E-state index >= 15 is 0 Å². The van der Waals surface area contributed by atoms with Gasteiger partial charge in [-0.3, -0.25) is 9.69 Å². The molecular weight excluding hydrogens is 454 g/mol. The maximum absolute atomic E-state index is 14.6. The topological polar surface area (TPSA) is 65.1 Å². The van der Waals surface area contributed by atoms with Gasteiger partial charge in [0.1, 0.15) is 11.8 Å². The van der Waals surface area contributed by atoms with E-state index in [9.17, 15) is 9.59 Å². The Balaban J connectivity index is 1.66. The van der Waals surface area contributed by atoms with Gasteiger partial charge >= 0.3 is 5.97 Å². The lowest BCUT2D eigenvalue weighted by atomic mass is 9.45. The van der Waals surface area contributed by atoms with Gasteiger partial charge in [-0.15, -0.1) is 0 Å². The molecule has 2 bridgehead atoms. The maximum Gasteiger partial charge on any atom is 0.329 e. The fourth-order valence-corrected chi connectivity index (χ4v) is 7.32. The summed E-state index contributed by atoms with van der Waals surface area (Å²) in [5.74, 6) is -0.734. The van der Waals surface area contributed by atoms with Crippen LogP contribution in [0.15, 0.2) is 72.8 Å². The minimum Gasteiger partial charge on any atom is -0.497 e.